The van der Waals surface area contributed by atoms with Gasteiger partial charge in [-0.15, -0.1) is 0 Å². The molecular formula is C18H24N4O. The summed E-state index contributed by atoms with van der Waals surface area (Å²) in [5, 5.41) is 7.96. The summed E-state index contributed by atoms with van der Waals surface area (Å²) in [5.41, 5.74) is 16.9. The van der Waals surface area contributed by atoms with Gasteiger partial charge in [0.15, 0.2) is 0 Å². The number of aliphatic imine (C=N–C) groups is 1. The average Bonchev–Trinajstić information content (AvgIpc) is 2.52. The Morgan fingerprint density at radius 2 is 1.87 bits per heavy atom. The first-order valence-electron chi connectivity index (χ1n) is 7.79. The van der Waals surface area contributed by atoms with Crippen LogP contribution in [0.4, 0.5) is 11.4 Å². The van der Waals surface area contributed by atoms with Crippen LogP contribution in [0, 0.1) is 19.3 Å². The average molecular weight is 312 g/mol. The van der Waals surface area contributed by atoms with E-state index in [1.807, 2.05) is 26.0 Å². The van der Waals surface area contributed by atoms with Gasteiger partial charge in [-0.05, 0) is 49.6 Å². The summed E-state index contributed by atoms with van der Waals surface area (Å²) in [7, 11) is 0. The van der Waals surface area contributed by atoms with Gasteiger partial charge in [0.05, 0.1) is 29.4 Å². The van der Waals surface area contributed by atoms with Crippen molar-refractivity contribution in [3.05, 3.63) is 46.9 Å². The molecule has 0 atom stereocenters. The zero-order valence-electron chi connectivity index (χ0n) is 13.9. The number of hydrogen-bond donors (Lipinski definition) is 3. The zero-order valence-corrected chi connectivity index (χ0v) is 13.9. The van der Waals surface area contributed by atoms with Crippen LogP contribution in [0.2, 0.25) is 0 Å². The molecule has 0 amide bonds. The van der Waals surface area contributed by atoms with Crippen LogP contribution >= 0.6 is 0 Å². The monoisotopic (exact) mass is 312 g/mol. The first kappa shape index (κ1) is 16.8. The molecule has 0 heterocycles. The summed E-state index contributed by atoms with van der Waals surface area (Å²) in [6.07, 6.45) is 5.31. The lowest BCUT2D eigenvalue weighted by Gasteiger charge is -2.16. The summed E-state index contributed by atoms with van der Waals surface area (Å²) in [4.78, 5) is 4.63. The molecule has 5 nitrogen and oxygen atoms in total. The van der Waals surface area contributed by atoms with Crippen LogP contribution in [0.25, 0.3) is 0 Å². The molecule has 1 aliphatic rings. The fraction of sp³-hybridized carbons (Fsp3) is 0.333. The number of allylic oxidation sites excluding steroid dienone is 2. The molecule has 0 fully saturated rings. The van der Waals surface area contributed by atoms with Gasteiger partial charge >= 0.3 is 0 Å². The topological polar surface area (TPSA) is 97.5 Å². The number of nitrogens with zero attached hydrogens (tertiary/aromatic N) is 1. The fourth-order valence-electron chi connectivity index (χ4n) is 2.21. The predicted octanol–water partition coefficient (Wildman–Crippen LogP) is 3.53. The maximum absolute atomic E-state index is 7.96. The number of anilines is 1. The number of ether oxygens (including phenoxy) is 1. The summed E-state index contributed by atoms with van der Waals surface area (Å²) in [6.45, 7) is 6.64. The van der Waals surface area contributed by atoms with E-state index in [0.717, 1.165) is 35.3 Å². The predicted molar refractivity (Wildman–Crippen MR) is 96.4 cm³/mol. The van der Waals surface area contributed by atoms with E-state index in [2.05, 4.69) is 11.9 Å². The van der Waals surface area contributed by atoms with Gasteiger partial charge in [-0.2, -0.15) is 0 Å². The van der Waals surface area contributed by atoms with Gasteiger partial charge < -0.3 is 16.2 Å². The van der Waals surface area contributed by atoms with E-state index < -0.39 is 0 Å². The third kappa shape index (κ3) is 3.80. The van der Waals surface area contributed by atoms with Crippen molar-refractivity contribution in [1.82, 2.24) is 0 Å². The van der Waals surface area contributed by atoms with E-state index >= 15 is 0 Å². The van der Waals surface area contributed by atoms with Gasteiger partial charge in [0.25, 0.3) is 0 Å². The minimum absolute atomic E-state index is 0.280. The van der Waals surface area contributed by atoms with Crippen LogP contribution in [0.1, 0.15) is 30.9 Å². The van der Waals surface area contributed by atoms with Gasteiger partial charge in [0.1, 0.15) is 5.76 Å². The molecule has 0 bridgehead atoms. The molecule has 0 unspecified atom stereocenters. The summed E-state index contributed by atoms with van der Waals surface area (Å²) in [5.74, 6) is 0.510. The van der Waals surface area contributed by atoms with Gasteiger partial charge in [0, 0.05) is 11.8 Å². The first-order chi connectivity index (χ1) is 10.9. The van der Waals surface area contributed by atoms with Crippen molar-refractivity contribution < 1.29 is 4.74 Å². The zero-order chi connectivity index (χ0) is 17.0. The second-order valence-electron chi connectivity index (χ2n) is 5.64. The Bertz CT molecular complexity index is 714. The Morgan fingerprint density at radius 1 is 1.13 bits per heavy atom. The van der Waals surface area contributed by atoms with E-state index in [-0.39, 0.29) is 5.71 Å². The minimum atomic E-state index is 0.280. The van der Waals surface area contributed by atoms with Crippen molar-refractivity contribution >= 4 is 22.8 Å². The Labute approximate surface area is 137 Å². The molecule has 1 aliphatic carbocycles. The van der Waals surface area contributed by atoms with Gasteiger partial charge in [-0.1, -0.05) is 13.3 Å². The highest BCUT2D eigenvalue weighted by molar-refractivity contribution is 6.22. The van der Waals surface area contributed by atoms with Crippen LogP contribution < -0.4 is 11.5 Å². The van der Waals surface area contributed by atoms with Crippen molar-refractivity contribution in [2.24, 2.45) is 10.7 Å². The third-order valence-corrected chi connectivity index (χ3v) is 3.93. The fourth-order valence-corrected chi connectivity index (χ4v) is 2.21. The summed E-state index contributed by atoms with van der Waals surface area (Å²) < 4.78 is 5.66. The van der Waals surface area contributed by atoms with E-state index in [1.54, 1.807) is 12.2 Å². The molecule has 0 spiro atoms. The Morgan fingerprint density at radius 3 is 2.57 bits per heavy atom. The number of unbranched alkanes of at least 4 members (excludes halogenated alkanes) is 1. The standard InChI is InChI=1S/C18H24N4O/c1-4-5-8-23-18-10-17(14(20)9-15(18)21)22-16-7-6-13(19)11(2)12(16)3/h6-7,9-10,21H,4-5,8,19-20H2,1-3H3/b21-15?,22-17-. The van der Waals surface area contributed by atoms with Crippen molar-refractivity contribution in [2.45, 2.75) is 33.6 Å². The van der Waals surface area contributed by atoms with Crippen molar-refractivity contribution in [3.63, 3.8) is 0 Å². The molecule has 0 saturated carbocycles. The molecule has 2 rings (SSSR count). The highest BCUT2D eigenvalue weighted by Crippen LogP contribution is 2.27. The minimum Gasteiger partial charge on any atom is -0.491 e. The molecule has 1 aromatic carbocycles. The Balaban J connectivity index is 2.34. The summed E-state index contributed by atoms with van der Waals surface area (Å²) >= 11 is 0. The second kappa shape index (κ2) is 7.13. The lowest BCUT2D eigenvalue weighted by atomic mass is 10.0. The lowest BCUT2D eigenvalue weighted by Crippen LogP contribution is -2.20. The van der Waals surface area contributed by atoms with Gasteiger partial charge in [-0.3, -0.25) is 5.41 Å². The molecule has 0 aliphatic heterocycles. The van der Waals surface area contributed by atoms with E-state index in [1.165, 1.54) is 0 Å². The smallest absolute Gasteiger partial charge is 0.146 e. The van der Waals surface area contributed by atoms with E-state index in [9.17, 15) is 0 Å². The van der Waals surface area contributed by atoms with Crippen LogP contribution in [-0.4, -0.2) is 18.0 Å². The number of benzene rings is 1. The summed E-state index contributed by atoms with van der Waals surface area (Å²) in [6, 6.07) is 3.72. The Kier molecular flexibility index (Phi) is 5.21. The number of nitrogen functional groups attached to an aromatic ring is 1. The quantitative estimate of drug-likeness (QED) is 0.440. The van der Waals surface area contributed by atoms with Crippen LogP contribution in [-0.2, 0) is 4.74 Å². The first-order valence-corrected chi connectivity index (χ1v) is 7.79. The van der Waals surface area contributed by atoms with Crippen LogP contribution in [0.3, 0.4) is 0 Å². The molecule has 5 heteroatoms. The molecular weight excluding hydrogens is 288 g/mol. The molecule has 0 aromatic heterocycles. The maximum Gasteiger partial charge on any atom is 0.146 e. The SMILES string of the molecule is CCCCOC1=C/C(=N/c2ccc(N)c(C)c2C)C(N)=CC1=N. The molecule has 1 aromatic rings. The lowest BCUT2D eigenvalue weighted by molar-refractivity contribution is 0.226. The Hall–Kier alpha value is -2.56. The van der Waals surface area contributed by atoms with Crippen LogP contribution in [0.5, 0.6) is 0 Å². The number of nitrogens with two attached hydrogens (primary N) is 2. The normalized spacial score (nSPS) is 16.3. The largest absolute Gasteiger partial charge is 0.491 e. The molecule has 122 valence electrons. The van der Waals surface area contributed by atoms with Gasteiger partial charge in [0.2, 0.25) is 0 Å². The highest BCUT2D eigenvalue weighted by Gasteiger charge is 2.16. The number of rotatable bonds is 5. The van der Waals surface area contributed by atoms with Crippen molar-refractivity contribution in [3.8, 4) is 0 Å². The molecule has 5 N–H and O–H groups in total. The molecule has 0 radical (unpaired) electrons. The van der Waals surface area contributed by atoms with Crippen molar-refractivity contribution in [1.29, 1.82) is 5.41 Å². The third-order valence-electron chi connectivity index (χ3n) is 3.93. The number of hydrogen-bond acceptors (Lipinski definition) is 5. The maximum atomic E-state index is 7.96. The second-order valence-corrected chi connectivity index (χ2v) is 5.64. The number of nitrogens with one attached hydrogen (secondary N) is 1. The van der Waals surface area contributed by atoms with Gasteiger partial charge in [-0.25, -0.2) is 4.99 Å². The van der Waals surface area contributed by atoms with E-state index in [0.29, 0.717) is 23.8 Å². The molecule has 0 saturated heterocycles. The highest BCUT2D eigenvalue weighted by atomic mass is 16.5. The van der Waals surface area contributed by atoms with Crippen LogP contribution in [0.15, 0.2) is 40.7 Å². The molecule has 23 heavy (non-hydrogen) atoms. The van der Waals surface area contributed by atoms with Crippen molar-refractivity contribution in [2.75, 3.05) is 12.3 Å². The van der Waals surface area contributed by atoms with E-state index in [4.69, 9.17) is 21.6 Å².